The number of benzene rings is 2. The summed E-state index contributed by atoms with van der Waals surface area (Å²) in [7, 11) is -2.08. The Hall–Kier alpha value is -5.15. The number of carbonyl (C=O) groups is 1. The van der Waals surface area contributed by atoms with Gasteiger partial charge in [0.2, 0.25) is 5.91 Å². The van der Waals surface area contributed by atoms with E-state index in [9.17, 15) is 35.2 Å². The van der Waals surface area contributed by atoms with Gasteiger partial charge in [0.15, 0.2) is 21.3 Å². The van der Waals surface area contributed by atoms with Gasteiger partial charge in [0, 0.05) is 35.7 Å². The Morgan fingerprint density at radius 1 is 1.08 bits per heavy atom. The third-order valence-corrected chi connectivity index (χ3v) is 14.3. The number of halogens is 8. The number of carbonyl (C=O) groups excluding carboxylic acids is 1. The van der Waals surface area contributed by atoms with Gasteiger partial charge in [-0.25, -0.2) is 22.2 Å². The average Bonchev–Trinajstić information content (AvgIpc) is 4.08. The van der Waals surface area contributed by atoms with Crippen molar-refractivity contribution in [2.24, 2.45) is 18.0 Å². The van der Waals surface area contributed by atoms with Crippen LogP contribution >= 0.6 is 23.8 Å². The van der Waals surface area contributed by atoms with Gasteiger partial charge in [-0.3, -0.25) is 14.2 Å². The number of alkyl halides is 5. The minimum absolute atomic E-state index is 0.00375. The summed E-state index contributed by atoms with van der Waals surface area (Å²) in [5.74, 6) is -3.39. The van der Waals surface area contributed by atoms with E-state index in [0.29, 0.717) is 40.1 Å². The molecule has 3 aliphatic carbocycles. The van der Waals surface area contributed by atoms with E-state index in [2.05, 4.69) is 37.5 Å². The van der Waals surface area contributed by atoms with Crippen LogP contribution in [0.4, 0.5) is 36.6 Å². The Bertz CT molecular complexity index is 2850. The monoisotopic (exact) mass is 889 g/mol. The standard InChI is InChI=1S/C40H31ClF7N7O3S2/c1-38(2,60(57,58)23-5-6-23)11-10-22-4-7-24(25-8-9-28(41)32-34(25)54(3)53-37(32)49-18-59)33(50-22)29(14-19-12-20(42)15-21(43)13-19)51-30(56)17-55-36-31(35(52-55)40(46,47)48)26-16-27(26)39(36,44)45/h4,7-9,12-13,15,23,26-27,29H,5-6,14,16-17H2,1-3H3,(H,51,56)/t26?,27-,29+/m1/s1. The van der Waals surface area contributed by atoms with Crippen LogP contribution in [0.15, 0.2) is 47.5 Å². The van der Waals surface area contributed by atoms with Crippen molar-refractivity contribution < 1.29 is 43.9 Å². The van der Waals surface area contributed by atoms with E-state index < -0.39 is 97.3 Å². The number of thiocarbonyl (C=S) groups is 1. The zero-order valence-corrected chi connectivity index (χ0v) is 34.0. The summed E-state index contributed by atoms with van der Waals surface area (Å²) in [6, 6.07) is 7.41. The molecule has 3 aromatic heterocycles. The second-order valence-electron chi connectivity index (χ2n) is 15.5. The second kappa shape index (κ2) is 14.5. The van der Waals surface area contributed by atoms with Crippen molar-refractivity contribution in [2.45, 2.75) is 80.1 Å². The minimum atomic E-state index is -5.08. The number of fused-ring (bicyclic) bond motifs is 4. The molecular formula is C40H31ClF7N7O3S2. The molecule has 60 heavy (non-hydrogen) atoms. The highest BCUT2D eigenvalue weighted by atomic mass is 35.5. The molecule has 3 atom stereocenters. The average molecular weight is 890 g/mol. The van der Waals surface area contributed by atoms with Crippen LogP contribution in [0.25, 0.3) is 22.0 Å². The first-order valence-corrected chi connectivity index (χ1v) is 20.8. The summed E-state index contributed by atoms with van der Waals surface area (Å²) in [5, 5.41) is 12.8. The topological polar surface area (TPSA) is 124 Å². The predicted octanol–water partition coefficient (Wildman–Crippen LogP) is 8.53. The highest BCUT2D eigenvalue weighted by molar-refractivity contribution is 7.93. The van der Waals surface area contributed by atoms with Crippen molar-refractivity contribution in [3.8, 4) is 23.0 Å². The number of nitrogens with zero attached hydrogens (tertiary/aromatic N) is 6. The number of pyridine rings is 1. The van der Waals surface area contributed by atoms with Crippen LogP contribution in [0.1, 0.15) is 79.0 Å². The van der Waals surface area contributed by atoms with Gasteiger partial charge in [0.25, 0.3) is 5.92 Å². The van der Waals surface area contributed by atoms with E-state index in [1.807, 2.05) is 0 Å². The molecule has 1 amide bonds. The number of nitrogens with one attached hydrogen (secondary N) is 1. The Labute approximate surface area is 348 Å². The fourth-order valence-electron chi connectivity index (χ4n) is 7.96. The van der Waals surface area contributed by atoms with Crippen LogP contribution in [-0.4, -0.2) is 54.0 Å². The fraction of sp³-hybridized carbons (Fsp3) is 0.375. The summed E-state index contributed by atoms with van der Waals surface area (Å²) in [6.45, 7) is 1.83. The predicted molar refractivity (Wildman–Crippen MR) is 209 cm³/mol. The number of hydrogen-bond donors (Lipinski definition) is 1. The molecular weight excluding hydrogens is 859 g/mol. The van der Waals surface area contributed by atoms with Crippen LogP contribution in [0.5, 0.6) is 0 Å². The second-order valence-corrected chi connectivity index (χ2v) is 18.9. The van der Waals surface area contributed by atoms with E-state index in [0.717, 1.165) is 12.1 Å². The zero-order chi connectivity index (χ0) is 43.3. The van der Waals surface area contributed by atoms with Crippen LogP contribution in [-0.2, 0) is 46.7 Å². The lowest BCUT2D eigenvalue weighted by molar-refractivity contribution is -0.142. The van der Waals surface area contributed by atoms with Gasteiger partial charge in [0.1, 0.15) is 34.3 Å². The molecule has 8 rings (SSSR count). The maximum atomic E-state index is 15.5. The first-order chi connectivity index (χ1) is 28.1. The molecule has 0 radical (unpaired) electrons. The van der Waals surface area contributed by atoms with Gasteiger partial charge in [-0.15, -0.1) is 0 Å². The van der Waals surface area contributed by atoms with E-state index in [4.69, 9.17) is 28.8 Å². The normalized spacial score (nSPS) is 18.6. The maximum absolute atomic E-state index is 15.5. The maximum Gasteiger partial charge on any atom is 0.435 e. The van der Waals surface area contributed by atoms with Gasteiger partial charge in [-0.05, 0) is 99.5 Å². The third-order valence-electron chi connectivity index (χ3n) is 11.0. The molecule has 0 aliphatic heterocycles. The summed E-state index contributed by atoms with van der Waals surface area (Å²) in [5.41, 5.74) is -2.09. The quantitative estimate of drug-likeness (QED) is 0.0646. The molecule has 1 N–H and O–H groups in total. The molecule has 3 aliphatic rings. The Morgan fingerprint density at radius 2 is 1.77 bits per heavy atom. The van der Waals surface area contributed by atoms with E-state index >= 15 is 8.78 Å². The number of aromatic nitrogens is 5. The lowest BCUT2D eigenvalue weighted by Gasteiger charge is -2.23. The van der Waals surface area contributed by atoms with Gasteiger partial charge >= 0.3 is 6.18 Å². The van der Waals surface area contributed by atoms with Crippen molar-refractivity contribution in [3.63, 3.8) is 0 Å². The van der Waals surface area contributed by atoms with E-state index in [1.165, 1.54) is 30.7 Å². The van der Waals surface area contributed by atoms with Crippen LogP contribution in [0, 0.1) is 29.4 Å². The lowest BCUT2D eigenvalue weighted by atomic mass is 9.93. The number of amides is 1. The van der Waals surface area contributed by atoms with Gasteiger partial charge in [0.05, 0.1) is 38.1 Å². The van der Waals surface area contributed by atoms with E-state index in [1.54, 1.807) is 19.2 Å². The molecule has 2 fully saturated rings. The number of aliphatic imine (C=N–C) groups is 1. The molecule has 2 saturated carbocycles. The molecule has 0 bridgehead atoms. The van der Waals surface area contributed by atoms with Gasteiger partial charge in [-0.1, -0.05) is 23.6 Å². The SMILES string of the molecule is Cn1nc(N=C=S)c2c(Cl)ccc(-c3ccc(C#CC(C)(C)S(=O)(=O)C4CC4)nc3[C@H](Cc3cc(F)cc(F)c3)NC(=O)Cn3nc(C(F)(F)F)c4c3C(F)(F)[C@@H]3CC43)c21. The molecule has 3 heterocycles. The third kappa shape index (κ3) is 7.26. The molecule has 0 spiro atoms. The summed E-state index contributed by atoms with van der Waals surface area (Å²) < 4.78 is 129. The first kappa shape index (κ1) is 41.6. The molecule has 0 saturated heterocycles. The lowest BCUT2D eigenvalue weighted by Crippen LogP contribution is -2.35. The largest absolute Gasteiger partial charge is 0.435 e. The number of sulfone groups is 1. The number of aryl methyl sites for hydroxylation is 1. The van der Waals surface area contributed by atoms with Crippen LogP contribution in [0.3, 0.4) is 0 Å². The molecule has 2 aromatic carbocycles. The van der Waals surface area contributed by atoms with Crippen molar-refractivity contribution >= 4 is 61.4 Å². The molecule has 312 valence electrons. The summed E-state index contributed by atoms with van der Waals surface area (Å²) >= 11 is 11.4. The summed E-state index contributed by atoms with van der Waals surface area (Å²) in [4.78, 5) is 22.8. The smallest absolute Gasteiger partial charge is 0.346 e. The Balaban J connectivity index is 1.29. The highest BCUT2D eigenvalue weighted by Crippen LogP contribution is 2.68. The van der Waals surface area contributed by atoms with Crippen LogP contribution < -0.4 is 5.32 Å². The summed E-state index contributed by atoms with van der Waals surface area (Å²) in [6.07, 6.45) is -4.62. The molecule has 10 nitrogen and oxygen atoms in total. The van der Waals surface area contributed by atoms with E-state index in [-0.39, 0.29) is 39.8 Å². The molecule has 1 unspecified atom stereocenters. The number of hydrogen-bond acceptors (Lipinski definition) is 8. The first-order valence-electron chi connectivity index (χ1n) is 18.4. The van der Waals surface area contributed by atoms with Crippen LogP contribution in [0.2, 0.25) is 5.02 Å². The number of rotatable bonds is 10. The highest BCUT2D eigenvalue weighted by Gasteiger charge is 2.68. The number of isothiocyanates is 1. The fourth-order valence-corrected chi connectivity index (χ4v) is 10.1. The minimum Gasteiger partial charge on any atom is -0.346 e. The van der Waals surface area contributed by atoms with Gasteiger partial charge in [-0.2, -0.15) is 37.1 Å². The van der Waals surface area contributed by atoms with Crippen molar-refractivity contribution in [1.82, 2.24) is 29.9 Å². The molecule has 20 heteroatoms. The van der Waals surface area contributed by atoms with Crippen molar-refractivity contribution in [1.29, 1.82) is 0 Å². The Kier molecular flexibility index (Phi) is 10.0. The van der Waals surface area contributed by atoms with Crippen molar-refractivity contribution in [3.05, 3.63) is 93.0 Å². The Morgan fingerprint density at radius 3 is 2.42 bits per heavy atom. The molecule has 5 aromatic rings. The van der Waals surface area contributed by atoms with Gasteiger partial charge < -0.3 is 5.32 Å². The zero-order valence-electron chi connectivity index (χ0n) is 31.6. The van der Waals surface area contributed by atoms with Crippen molar-refractivity contribution in [2.75, 3.05) is 0 Å².